The highest BCUT2D eigenvalue weighted by atomic mass is 35.5. The minimum absolute atomic E-state index is 0.0606. The summed E-state index contributed by atoms with van der Waals surface area (Å²) in [5, 5.41) is 0.263. The molecule has 4 nitrogen and oxygen atoms in total. The van der Waals surface area contributed by atoms with E-state index in [2.05, 4.69) is 16.9 Å². The molecule has 17 heavy (non-hydrogen) atoms. The molecule has 0 atom stereocenters. The average Bonchev–Trinajstić information content (AvgIpc) is 2.38. The molecule has 1 aromatic rings. The standard InChI is InChI=1S/C12H16ClN3O/c1-2-9-3-5-16(6-4-9)12(17)10-7-14-8-11(13)15-10/h7-9H,2-6H2,1H3. The van der Waals surface area contributed by atoms with Gasteiger partial charge in [0.15, 0.2) is 0 Å². The summed E-state index contributed by atoms with van der Waals surface area (Å²) in [6.07, 6.45) is 6.26. The van der Waals surface area contributed by atoms with Gasteiger partial charge in [0.05, 0.1) is 12.4 Å². The Bertz CT molecular complexity index is 402. The highest BCUT2D eigenvalue weighted by Crippen LogP contribution is 2.21. The highest BCUT2D eigenvalue weighted by Gasteiger charge is 2.23. The zero-order chi connectivity index (χ0) is 12.3. The van der Waals surface area contributed by atoms with Crippen LogP contribution in [0.3, 0.4) is 0 Å². The van der Waals surface area contributed by atoms with Crippen LogP contribution in [-0.2, 0) is 0 Å². The van der Waals surface area contributed by atoms with Crippen molar-refractivity contribution in [2.24, 2.45) is 5.92 Å². The zero-order valence-corrected chi connectivity index (χ0v) is 10.7. The number of hydrogen-bond donors (Lipinski definition) is 0. The number of likely N-dealkylation sites (tertiary alicyclic amines) is 1. The lowest BCUT2D eigenvalue weighted by Gasteiger charge is -2.31. The Hall–Kier alpha value is -1.16. The molecule has 0 N–H and O–H groups in total. The van der Waals surface area contributed by atoms with Gasteiger partial charge in [-0.25, -0.2) is 4.98 Å². The molecule has 0 spiro atoms. The Morgan fingerprint density at radius 2 is 2.18 bits per heavy atom. The van der Waals surface area contributed by atoms with Crippen molar-refractivity contribution in [1.82, 2.24) is 14.9 Å². The van der Waals surface area contributed by atoms with E-state index in [0.29, 0.717) is 5.69 Å². The summed E-state index contributed by atoms with van der Waals surface area (Å²) in [4.78, 5) is 21.8. The largest absolute Gasteiger partial charge is 0.337 e. The van der Waals surface area contributed by atoms with Gasteiger partial charge in [-0.15, -0.1) is 0 Å². The Morgan fingerprint density at radius 3 is 2.76 bits per heavy atom. The number of hydrogen-bond acceptors (Lipinski definition) is 3. The van der Waals surface area contributed by atoms with Crippen LogP contribution in [-0.4, -0.2) is 33.9 Å². The molecule has 1 aliphatic rings. The third-order valence-corrected chi connectivity index (χ3v) is 3.49. The normalized spacial score (nSPS) is 17.2. The summed E-state index contributed by atoms with van der Waals surface area (Å²) in [7, 11) is 0. The molecule has 1 fully saturated rings. The maximum Gasteiger partial charge on any atom is 0.274 e. The van der Waals surface area contributed by atoms with Crippen molar-refractivity contribution >= 4 is 17.5 Å². The van der Waals surface area contributed by atoms with Crippen LogP contribution in [0.1, 0.15) is 36.7 Å². The second-order valence-corrected chi connectivity index (χ2v) is 4.76. The monoisotopic (exact) mass is 253 g/mol. The Kier molecular flexibility index (Phi) is 3.94. The maximum atomic E-state index is 12.1. The van der Waals surface area contributed by atoms with E-state index in [0.717, 1.165) is 31.8 Å². The molecule has 2 heterocycles. The predicted molar refractivity (Wildman–Crippen MR) is 66.0 cm³/mol. The molecule has 0 aromatic carbocycles. The summed E-state index contributed by atoms with van der Waals surface area (Å²) >= 11 is 5.73. The molecule has 0 bridgehead atoms. The SMILES string of the molecule is CCC1CCN(C(=O)c2cncc(Cl)n2)CC1. The Labute approximate surface area is 106 Å². The predicted octanol–water partition coefficient (Wildman–Crippen LogP) is 2.39. The summed E-state index contributed by atoms with van der Waals surface area (Å²) < 4.78 is 0. The minimum Gasteiger partial charge on any atom is -0.337 e. The Balaban J connectivity index is 2.02. The number of carbonyl (C=O) groups excluding carboxylic acids is 1. The fraction of sp³-hybridized carbons (Fsp3) is 0.583. The van der Waals surface area contributed by atoms with Gasteiger partial charge in [0.2, 0.25) is 0 Å². The number of carbonyl (C=O) groups is 1. The number of rotatable bonds is 2. The smallest absolute Gasteiger partial charge is 0.274 e. The maximum absolute atomic E-state index is 12.1. The van der Waals surface area contributed by atoms with Crippen molar-refractivity contribution in [2.75, 3.05) is 13.1 Å². The van der Waals surface area contributed by atoms with E-state index in [1.807, 2.05) is 4.90 Å². The molecule has 0 saturated carbocycles. The number of amides is 1. The summed E-state index contributed by atoms with van der Waals surface area (Å²) in [5.41, 5.74) is 0.340. The van der Waals surface area contributed by atoms with Gasteiger partial charge in [0.1, 0.15) is 10.8 Å². The first-order valence-corrected chi connectivity index (χ1v) is 6.35. The molecule has 1 aromatic heterocycles. The summed E-state index contributed by atoms with van der Waals surface area (Å²) in [5.74, 6) is 0.694. The van der Waals surface area contributed by atoms with E-state index in [-0.39, 0.29) is 11.1 Å². The van der Waals surface area contributed by atoms with Crippen LogP contribution in [0.5, 0.6) is 0 Å². The molecule has 1 aliphatic heterocycles. The van der Waals surface area contributed by atoms with Crippen molar-refractivity contribution in [3.8, 4) is 0 Å². The zero-order valence-electron chi connectivity index (χ0n) is 9.90. The van der Waals surface area contributed by atoms with Gasteiger partial charge in [-0.2, -0.15) is 0 Å². The van der Waals surface area contributed by atoms with Crippen LogP contribution in [0.4, 0.5) is 0 Å². The van der Waals surface area contributed by atoms with Crippen LogP contribution in [0.2, 0.25) is 5.15 Å². The number of nitrogens with zero attached hydrogens (tertiary/aromatic N) is 3. The molecule has 92 valence electrons. The molecule has 0 aliphatic carbocycles. The first-order valence-electron chi connectivity index (χ1n) is 5.97. The number of aromatic nitrogens is 2. The van der Waals surface area contributed by atoms with Crippen LogP contribution < -0.4 is 0 Å². The fourth-order valence-electron chi connectivity index (χ4n) is 2.15. The minimum atomic E-state index is -0.0606. The van der Waals surface area contributed by atoms with Gasteiger partial charge in [0.25, 0.3) is 5.91 Å². The molecule has 0 radical (unpaired) electrons. The molecular weight excluding hydrogens is 238 g/mol. The van der Waals surface area contributed by atoms with Crippen molar-refractivity contribution in [3.05, 3.63) is 23.2 Å². The number of halogens is 1. The summed E-state index contributed by atoms with van der Waals surface area (Å²) in [6.45, 7) is 3.82. The fourth-order valence-corrected chi connectivity index (χ4v) is 2.30. The van der Waals surface area contributed by atoms with Gasteiger partial charge in [-0.3, -0.25) is 9.78 Å². The lowest BCUT2D eigenvalue weighted by Crippen LogP contribution is -2.38. The summed E-state index contributed by atoms with van der Waals surface area (Å²) in [6, 6.07) is 0. The van der Waals surface area contributed by atoms with Gasteiger partial charge in [-0.05, 0) is 18.8 Å². The molecular formula is C12H16ClN3O. The highest BCUT2D eigenvalue weighted by molar-refractivity contribution is 6.29. The first kappa shape index (κ1) is 12.3. The quantitative estimate of drug-likeness (QED) is 0.813. The first-order chi connectivity index (χ1) is 8.20. The lowest BCUT2D eigenvalue weighted by molar-refractivity contribution is 0.0682. The van der Waals surface area contributed by atoms with E-state index in [1.54, 1.807) is 0 Å². The van der Waals surface area contributed by atoms with Gasteiger partial charge < -0.3 is 4.90 Å². The van der Waals surface area contributed by atoms with Crippen molar-refractivity contribution in [1.29, 1.82) is 0 Å². The lowest BCUT2D eigenvalue weighted by atomic mass is 9.94. The van der Waals surface area contributed by atoms with Crippen molar-refractivity contribution < 1.29 is 4.79 Å². The molecule has 1 amide bonds. The molecule has 5 heteroatoms. The molecule has 1 saturated heterocycles. The van der Waals surface area contributed by atoms with E-state index in [9.17, 15) is 4.79 Å². The van der Waals surface area contributed by atoms with E-state index < -0.39 is 0 Å². The van der Waals surface area contributed by atoms with Gasteiger partial charge >= 0.3 is 0 Å². The molecule has 2 rings (SSSR count). The van der Waals surface area contributed by atoms with Gasteiger partial charge in [0, 0.05) is 13.1 Å². The second-order valence-electron chi connectivity index (χ2n) is 4.37. The van der Waals surface area contributed by atoms with E-state index >= 15 is 0 Å². The van der Waals surface area contributed by atoms with Crippen LogP contribution in [0.15, 0.2) is 12.4 Å². The van der Waals surface area contributed by atoms with E-state index in [4.69, 9.17) is 11.6 Å². The third-order valence-electron chi connectivity index (χ3n) is 3.30. The van der Waals surface area contributed by atoms with Crippen LogP contribution in [0, 0.1) is 5.92 Å². The second kappa shape index (κ2) is 5.45. The topological polar surface area (TPSA) is 46.1 Å². The number of piperidine rings is 1. The van der Waals surface area contributed by atoms with Gasteiger partial charge in [-0.1, -0.05) is 24.9 Å². The average molecular weight is 254 g/mol. The van der Waals surface area contributed by atoms with Crippen LogP contribution in [0.25, 0.3) is 0 Å². The van der Waals surface area contributed by atoms with Crippen LogP contribution >= 0.6 is 11.6 Å². The van der Waals surface area contributed by atoms with Crippen molar-refractivity contribution in [2.45, 2.75) is 26.2 Å². The van der Waals surface area contributed by atoms with Crippen molar-refractivity contribution in [3.63, 3.8) is 0 Å². The Morgan fingerprint density at radius 1 is 1.47 bits per heavy atom. The van der Waals surface area contributed by atoms with E-state index in [1.165, 1.54) is 18.8 Å². The molecule has 0 unspecified atom stereocenters. The third kappa shape index (κ3) is 2.94.